The fraction of sp³-hybridized carbons (Fsp3) is 0.727. The van der Waals surface area contributed by atoms with Gasteiger partial charge in [-0.05, 0) is 13.8 Å². The second-order valence-corrected chi connectivity index (χ2v) is 4.63. The Hall–Kier alpha value is -1.35. The zero-order valence-electron chi connectivity index (χ0n) is 11.1. The van der Waals surface area contributed by atoms with Crippen LogP contribution in [0.15, 0.2) is 6.20 Å². The summed E-state index contributed by atoms with van der Waals surface area (Å²) < 4.78 is 1.40. The Balaban J connectivity index is 2.69. The molecule has 0 amide bonds. The Morgan fingerprint density at radius 1 is 1.21 bits per heavy atom. The fourth-order valence-corrected chi connectivity index (χ4v) is 1.43. The summed E-state index contributed by atoms with van der Waals surface area (Å²) in [5, 5.41) is 44.4. The summed E-state index contributed by atoms with van der Waals surface area (Å²) in [6.45, 7) is 3.12. The van der Waals surface area contributed by atoms with Crippen LogP contribution < -0.4 is 11.1 Å². The Morgan fingerprint density at radius 3 is 2.32 bits per heavy atom. The van der Waals surface area contributed by atoms with Crippen molar-refractivity contribution >= 4 is 11.5 Å². The van der Waals surface area contributed by atoms with E-state index in [-0.39, 0.29) is 13.1 Å². The molecular weight excluding hydrogens is 252 g/mol. The lowest BCUT2D eigenvalue weighted by Crippen LogP contribution is -2.32. The highest BCUT2D eigenvalue weighted by atomic mass is 16.3. The summed E-state index contributed by atoms with van der Waals surface area (Å²) in [6.07, 6.45) is -2.26. The minimum Gasteiger partial charge on any atom is -0.394 e. The molecule has 1 aromatic heterocycles. The number of aliphatic hydroxyl groups is 4. The third kappa shape index (κ3) is 4.35. The van der Waals surface area contributed by atoms with Crippen LogP contribution in [0.25, 0.3) is 0 Å². The maximum atomic E-state index is 9.61. The van der Waals surface area contributed by atoms with E-state index in [4.69, 9.17) is 5.73 Å². The van der Waals surface area contributed by atoms with Gasteiger partial charge in [-0.3, -0.25) is 0 Å². The average molecular weight is 274 g/mol. The van der Waals surface area contributed by atoms with E-state index in [9.17, 15) is 20.4 Å². The van der Waals surface area contributed by atoms with Gasteiger partial charge in [0.2, 0.25) is 0 Å². The van der Waals surface area contributed by atoms with Gasteiger partial charge in [0.05, 0.1) is 42.8 Å². The predicted octanol–water partition coefficient (Wildman–Crippen LogP) is -1.64. The van der Waals surface area contributed by atoms with Crippen LogP contribution in [-0.4, -0.2) is 61.2 Å². The molecule has 0 aliphatic carbocycles. The number of aromatic nitrogens is 2. The van der Waals surface area contributed by atoms with Crippen molar-refractivity contribution in [2.24, 2.45) is 0 Å². The molecule has 0 aliphatic heterocycles. The third-order valence-corrected chi connectivity index (χ3v) is 2.82. The van der Waals surface area contributed by atoms with Crippen molar-refractivity contribution in [2.45, 2.75) is 44.8 Å². The van der Waals surface area contributed by atoms with Gasteiger partial charge in [-0.2, -0.15) is 5.10 Å². The number of rotatable bonds is 7. The van der Waals surface area contributed by atoms with E-state index in [0.717, 1.165) is 0 Å². The Kier molecular flexibility index (Phi) is 5.55. The topological polar surface area (TPSA) is 137 Å². The Labute approximate surface area is 111 Å². The molecule has 4 atom stereocenters. The molecule has 1 heterocycles. The first-order valence-electron chi connectivity index (χ1n) is 6.10. The van der Waals surface area contributed by atoms with Crippen molar-refractivity contribution in [3.05, 3.63) is 6.20 Å². The van der Waals surface area contributed by atoms with Crippen molar-refractivity contribution in [3.63, 3.8) is 0 Å². The maximum absolute atomic E-state index is 9.61. The van der Waals surface area contributed by atoms with E-state index < -0.39 is 24.4 Å². The number of nitrogens with zero attached hydrogens (tertiary/aromatic N) is 2. The highest BCUT2D eigenvalue weighted by molar-refractivity contribution is 5.60. The van der Waals surface area contributed by atoms with E-state index in [0.29, 0.717) is 11.5 Å². The number of nitrogen functional groups attached to an aromatic ring is 1. The monoisotopic (exact) mass is 274 g/mol. The van der Waals surface area contributed by atoms with Crippen molar-refractivity contribution in [1.29, 1.82) is 0 Å². The molecule has 4 unspecified atom stereocenters. The Bertz CT molecular complexity index is 394. The first-order chi connectivity index (χ1) is 8.82. The standard InChI is InChI=1S/C11H22N4O4/c1-6(16)9(18)4-13-11-8(12)3-14-15(11)5-10(19)7(2)17/h3,6-7,9-10,13,16-19H,4-5,12H2,1-2H3. The molecule has 8 heteroatoms. The molecule has 0 aliphatic rings. The first-order valence-corrected chi connectivity index (χ1v) is 6.10. The smallest absolute Gasteiger partial charge is 0.147 e. The average Bonchev–Trinajstić information content (AvgIpc) is 2.67. The van der Waals surface area contributed by atoms with E-state index >= 15 is 0 Å². The largest absolute Gasteiger partial charge is 0.394 e. The van der Waals surface area contributed by atoms with Crippen LogP contribution in [0.5, 0.6) is 0 Å². The number of nitrogens with one attached hydrogen (secondary N) is 1. The summed E-state index contributed by atoms with van der Waals surface area (Å²) in [5.41, 5.74) is 6.08. The third-order valence-electron chi connectivity index (χ3n) is 2.82. The minimum absolute atomic E-state index is 0.0714. The van der Waals surface area contributed by atoms with Gasteiger partial charge in [-0.25, -0.2) is 4.68 Å². The summed E-state index contributed by atoms with van der Waals surface area (Å²) in [7, 11) is 0. The van der Waals surface area contributed by atoms with Crippen molar-refractivity contribution in [2.75, 3.05) is 17.6 Å². The zero-order valence-corrected chi connectivity index (χ0v) is 11.1. The van der Waals surface area contributed by atoms with E-state index in [2.05, 4.69) is 10.4 Å². The molecule has 110 valence electrons. The van der Waals surface area contributed by atoms with Crippen LogP contribution in [0, 0.1) is 0 Å². The Morgan fingerprint density at radius 2 is 1.79 bits per heavy atom. The van der Waals surface area contributed by atoms with Gasteiger partial charge < -0.3 is 31.5 Å². The molecular formula is C11H22N4O4. The molecule has 0 spiro atoms. The molecule has 0 saturated carbocycles. The van der Waals surface area contributed by atoms with Gasteiger partial charge in [0.1, 0.15) is 5.82 Å². The van der Waals surface area contributed by atoms with Crippen LogP contribution in [0.4, 0.5) is 11.5 Å². The molecule has 1 aromatic rings. The fourth-order valence-electron chi connectivity index (χ4n) is 1.43. The number of hydrogen-bond acceptors (Lipinski definition) is 7. The SMILES string of the molecule is CC(O)C(O)CNc1c(N)cnn1CC(O)C(C)O. The van der Waals surface area contributed by atoms with Crippen molar-refractivity contribution in [1.82, 2.24) is 9.78 Å². The molecule has 19 heavy (non-hydrogen) atoms. The lowest BCUT2D eigenvalue weighted by Gasteiger charge is -2.18. The van der Waals surface area contributed by atoms with E-state index in [1.807, 2.05) is 0 Å². The molecule has 0 aromatic carbocycles. The molecule has 0 fully saturated rings. The second kappa shape index (κ2) is 6.71. The van der Waals surface area contributed by atoms with Crippen LogP contribution in [0.1, 0.15) is 13.8 Å². The quantitative estimate of drug-likeness (QED) is 0.351. The summed E-state index contributed by atoms with van der Waals surface area (Å²) >= 11 is 0. The number of aliphatic hydroxyl groups excluding tert-OH is 4. The molecule has 0 bridgehead atoms. The van der Waals surface area contributed by atoms with Crippen molar-refractivity contribution in [3.8, 4) is 0 Å². The molecule has 1 rings (SSSR count). The summed E-state index contributed by atoms with van der Waals surface area (Å²) in [5.74, 6) is 0.430. The molecule has 7 N–H and O–H groups in total. The number of nitrogens with two attached hydrogens (primary N) is 1. The van der Waals surface area contributed by atoms with Gasteiger partial charge >= 0.3 is 0 Å². The highest BCUT2D eigenvalue weighted by Gasteiger charge is 2.17. The van der Waals surface area contributed by atoms with Crippen LogP contribution in [0.3, 0.4) is 0 Å². The van der Waals surface area contributed by atoms with Crippen molar-refractivity contribution < 1.29 is 20.4 Å². The van der Waals surface area contributed by atoms with Crippen LogP contribution in [-0.2, 0) is 6.54 Å². The summed E-state index contributed by atoms with van der Waals surface area (Å²) in [6, 6.07) is 0. The second-order valence-electron chi connectivity index (χ2n) is 4.63. The maximum Gasteiger partial charge on any atom is 0.147 e. The van der Waals surface area contributed by atoms with Crippen LogP contribution in [0.2, 0.25) is 0 Å². The number of anilines is 2. The first kappa shape index (κ1) is 15.7. The minimum atomic E-state index is -0.971. The van der Waals surface area contributed by atoms with Crippen LogP contribution >= 0.6 is 0 Å². The van der Waals surface area contributed by atoms with E-state index in [1.165, 1.54) is 24.7 Å². The number of hydrogen-bond donors (Lipinski definition) is 6. The molecule has 8 nitrogen and oxygen atoms in total. The predicted molar refractivity (Wildman–Crippen MR) is 70.5 cm³/mol. The summed E-state index contributed by atoms with van der Waals surface area (Å²) in [4.78, 5) is 0. The molecule has 0 radical (unpaired) electrons. The van der Waals surface area contributed by atoms with Gasteiger partial charge in [0, 0.05) is 6.54 Å². The van der Waals surface area contributed by atoms with E-state index in [1.54, 1.807) is 0 Å². The zero-order chi connectivity index (χ0) is 14.6. The highest BCUT2D eigenvalue weighted by Crippen LogP contribution is 2.18. The van der Waals surface area contributed by atoms with Gasteiger partial charge in [0.15, 0.2) is 0 Å². The normalized spacial score (nSPS) is 17.8. The lowest BCUT2D eigenvalue weighted by molar-refractivity contribution is 0.0188. The van der Waals surface area contributed by atoms with Gasteiger partial charge in [-0.1, -0.05) is 0 Å². The van der Waals surface area contributed by atoms with Gasteiger partial charge in [-0.15, -0.1) is 0 Å². The molecule has 0 saturated heterocycles. The van der Waals surface area contributed by atoms with Gasteiger partial charge in [0.25, 0.3) is 0 Å². The lowest BCUT2D eigenvalue weighted by atomic mass is 10.2.